The Morgan fingerprint density at radius 1 is 1.53 bits per heavy atom. The Hall–Kier alpha value is -1.58. The van der Waals surface area contributed by atoms with Gasteiger partial charge in [0.1, 0.15) is 0 Å². The summed E-state index contributed by atoms with van der Waals surface area (Å²) in [7, 11) is 1.62. The van der Waals surface area contributed by atoms with E-state index >= 15 is 0 Å². The van der Waals surface area contributed by atoms with Crippen molar-refractivity contribution < 1.29 is 9.53 Å². The van der Waals surface area contributed by atoms with E-state index in [1.54, 1.807) is 20.2 Å². The smallest absolute Gasteiger partial charge is 0.219 e. The van der Waals surface area contributed by atoms with Crippen LogP contribution in [0.15, 0.2) is 18.3 Å². The molecule has 4 heteroatoms. The fourth-order valence-corrected chi connectivity index (χ4v) is 2.46. The molecule has 1 aliphatic heterocycles. The normalized spacial score (nSPS) is 20.1. The molecule has 2 heterocycles. The number of rotatable bonds is 2. The number of methoxy groups -OCH3 is 1. The van der Waals surface area contributed by atoms with Gasteiger partial charge in [0.25, 0.3) is 0 Å². The van der Waals surface area contributed by atoms with Gasteiger partial charge in [-0.1, -0.05) is 6.07 Å². The van der Waals surface area contributed by atoms with Crippen molar-refractivity contribution in [2.45, 2.75) is 32.2 Å². The van der Waals surface area contributed by atoms with Crippen LogP contribution < -0.4 is 4.74 Å². The molecule has 1 aliphatic rings. The Labute approximate surface area is 102 Å². The zero-order valence-electron chi connectivity index (χ0n) is 10.3. The number of piperidine rings is 1. The number of aromatic nitrogens is 1. The van der Waals surface area contributed by atoms with Crippen LogP contribution in [0.1, 0.15) is 37.8 Å². The molecule has 4 nitrogen and oxygen atoms in total. The van der Waals surface area contributed by atoms with Crippen molar-refractivity contribution in [3.63, 3.8) is 0 Å². The first-order chi connectivity index (χ1) is 8.24. The second-order valence-electron chi connectivity index (χ2n) is 4.33. The quantitative estimate of drug-likeness (QED) is 0.787. The lowest BCUT2D eigenvalue weighted by atomic mass is 9.96. The molecule has 0 spiro atoms. The van der Waals surface area contributed by atoms with E-state index in [2.05, 4.69) is 4.98 Å². The maximum absolute atomic E-state index is 11.6. The van der Waals surface area contributed by atoms with E-state index in [9.17, 15) is 4.79 Å². The summed E-state index contributed by atoms with van der Waals surface area (Å²) in [6, 6.07) is 4.01. The summed E-state index contributed by atoms with van der Waals surface area (Å²) in [5.74, 6) is 0.756. The van der Waals surface area contributed by atoms with Crippen molar-refractivity contribution in [1.29, 1.82) is 0 Å². The first-order valence-electron chi connectivity index (χ1n) is 6.00. The first-order valence-corrected chi connectivity index (χ1v) is 6.00. The molecule has 1 fully saturated rings. The zero-order valence-corrected chi connectivity index (χ0v) is 10.3. The van der Waals surface area contributed by atoms with Crippen LogP contribution in [0.2, 0.25) is 0 Å². The van der Waals surface area contributed by atoms with Gasteiger partial charge in [-0.25, -0.2) is 4.98 Å². The molecule has 2 rings (SSSR count). The van der Waals surface area contributed by atoms with Gasteiger partial charge >= 0.3 is 0 Å². The highest BCUT2D eigenvalue weighted by Crippen LogP contribution is 2.34. The lowest BCUT2D eigenvalue weighted by Crippen LogP contribution is -2.37. The molecule has 0 saturated carbocycles. The number of hydrogen-bond acceptors (Lipinski definition) is 3. The predicted molar refractivity (Wildman–Crippen MR) is 64.8 cm³/mol. The van der Waals surface area contributed by atoms with Crippen molar-refractivity contribution in [3.05, 3.63) is 23.9 Å². The number of carbonyl (C=O) groups excluding carboxylic acids is 1. The Morgan fingerprint density at radius 2 is 2.35 bits per heavy atom. The van der Waals surface area contributed by atoms with Gasteiger partial charge in [0, 0.05) is 25.2 Å². The third-order valence-corrected chi connectivity index (χ3v) is 3.26. The monoisotopic (exact) mass is 234 g/mol. The van der Waals surface area contributed by atoms with E-state index in [-0.39, 0.29) is 11.9 Å². The van der Waals surface area contributed by atoms with Crippen LogP contribution in [0.25, 0.3) is 0 Å². The summed E-state index contributed by atoms with van der Waals surface area (Å²) in [4.78, 5) is 17.8. The number of likely N-dealkylation sites (tertiary alicyclic amines) is 1. The SMILES string of the molecule is COc1ncccc1[C@@H]1CCCCN1C(C)=O. The summed E-state index contributed by atoms with van der Waals surface area (Å²) in [5.41, 5.74) is 1.02. The Kier molecular flexibility index (Phi) is 3.61. The van der Waals surface area contributed by atoms with Crippen LogP contribution >= 0.6 is 0 Å². The average Bonchev–Trinajstić information content (AvgIpc) is 2.38. The largest absolute Gasteiger partial charge is 0.481 e. The minimum Gasteiger partial charge on any atom is -0.481 e. The molecule has 92 valence electrons. The molecule has 0 unspecified atom stereocenters. The molecule has 1 saturated heterocycles. The van der Waals surface area contributed by atoms with Crippen molar-refractivity contribution in [2.24, 2.45) is 0 Å². The third kappa shape index (κ3) is 2.40. The summed E-state index contributed by atoms with van der Waals surface area (Å²) in [5, 5.41) is 0. The topological polar surface area (TPSA) is 42.4 Å². The molecular formula is C13H18N2O2. The summed E-state index contributed by atoms with van der Waals surface area (Å²) >= 11 is 0. The van der Waals surface area contributed by atoms with E-state index in [0.29, 0.717) is 5.88 Å². The van der Waals surface area contributed by atoms with Crippen LogP contribution in [0.3, 0.4) is 0 Å². The van der Waals surface area contributed by atoms with Gasteiger partial charge in [-0.3, -0.25) is 4.79 Å². The molecule has 0 N–H and O–H groups in total. The van der Waals surface area contributed by atoms with Gasteiger partial charge in [-0.15, -0.1) is 0 Å². The number of ether oxygens (including phenoxy) is 1. The molecule has 1 amide bonds. The van der Waals surface area contributed by atoms with Gasteiger partial charge in [0.15, 0.2) is 0 Å². The molecule has 0 aromatic carbocycles. The number of amides is 1. The van der Waals surface area contributed by atoms with Crippen molar-refractivity contribution >= 4 is 5.91 Å². The molecular weight excluding hydrogens is 216 g/mol. The van der Waals surface area contributed by atoms with E-state index in [4.69, 9.17) is 4.74 Å². The fraction of sp³-hybridized carbons (Fsp3) is 0.538. The molecule has 0 aliphatic carbocycles. The van der Waals surface area contributed by atoms with Gasteiger partial charge in [0.05, 0.1) is 13.2 Å². The van der Waals surface area contributed by atoms with Gasteiger partial charge < -0.3 is 9.64 Å². The molecule has 0 bridgehead atoms. The number of nitrogens with zero attached hydrogens (tertiary/aromatic N) is 2. The van der Waals surface area contributed by atoms with Crippen molar-refractivity contribution in [3.8, 4) is 5.88 Å². The second-order valence-corrected chi connectivity index (χ2v) is 4.33. The zero-order chi connectivity index (χ0) is 12.3. The summed E-state index contributed by atoms with van der Waals surface area (Å²) in [6.07, 6.45) is 4.93. The maximum Gasteiger partial charge on any atom is 0.219 e. The molecule has 1 aromatic heterocycles. The maximum atomic E-state index is 11.6. The minimum absolute atomic E-state index is 0.116. The van der Waals surface area contributed by atoms with Crippen LogP contribution in [-0.2, 0) is 4.79 Å². The second kappa shape index (κ2) is 5.17. The van der Waals surface area contributed by atoms with E-state index in [1.165, 1.54) is 0 Å². The Bertz CT molecular complexity index is 406. The van der Waals surface area contributed by atoms with Gasteiger partial charge in [-0.2, -0.15) is 0 Å². The highest BCUT2D eigenvalue weighted by atomic mass is 16.5. The van der Waals surface area contributed by atoms with Crippen LogP contribution in [0.4, 0.5) is 0 Å². The number of pyridine rings is 1. The highest BCUT2D eigenvalue weighted by Gasteiger charge is 2.28. The molecule has 0 radical (unpaired) electrons. The number of hydrogen-bond donors (Lipinski definition) is 0. The Balaban J connectivity index is 2.32. The molecule has 1 atom stereocenters. The van der Waals surface area contributed by atoms with Gasteiger partial charge in [-0.05, 0) is 25.3 Å². The minimum atomic E-state index is 0.116. The van der Waals surface area contributed by atoms with Gasteiger partial charge in [0.2, 0.25) is 11.8 Å². The fourth-order valence-electron chi connectivity index (χ4n) is 2.46. The van der Waals surface area contributed by atoms with Crippen molar-refractivity contribution in [1.82, 2.24) is 9.88 Å². The summed E-state index contributed by atoms with van der Waals surface area (Å²) in [6.45, 7) is 2.46. The lowest BCUT2D eigenvalue weighted by Gasteiger charge is -2.35. The predicted octanol–water partition coefficient (Wildman–Crippen LogP) is 2.16. The molecule has 1 aromatic rings. The van der Waals surface area contributed by atoms with Crippen LogP contribution in [0, 0.1) is 0 Å². The molecule has 17 heavy (non-hydrogen) atoms. The van der Waals surface area contributed by atoms with Crippen LogP contribution in [-0.4, -0.2) is 29.4 Å². The third-order valence-electron chi connectivity index (χ3n) is 3.26. The van der Waals surface area contributed by atoms with E-state index in [1.807, 2.05) is 17.0 Å². The van der Waals surface area contributed by atoms with E-state index < -0.39 is 0 Å². The lowest BCUT2D eigenvalue weighted by molar-refractivity contribution is -0.132. The van der Waals surface area contributed by atoms with E-state index in [0.717, 1.165) is 31.4 Å². The Morgan fingerprint density at radius 3 is 3.06 bits per heavy atom. The van der Waals surface area contributed by atoms with Crippen LogP contribution in [0.5, 0.6) is 5.88 Å². The highest BCUT2D eigenvalue weighted by molar-refractivity contribution is 5.74. The summed E-state index contributed by atoms with van der Waals surface area (Å²) < 4.78 is 5.28. The number of carbonyl (C=O) groups is 1. The average molecular weight is 234 g/mol. The van der Waals surface area contributed by atoms with Crippen molar-refractivity contribution in [2.75, 3.05) is 13.7 Å². The first kappa shape index (κ1) is 11.9. The standard InChI is InChI=1S/C13H18N2O2/c1-10(16)15-9-4-3-7-12(15)11-6-5-8-14-13(11)17-2/h5-6,8,12H,3-4,7,9H2,1-2H3/t12-/m0/s1.